The Labute approximate surface area is 236 Å². The van der Waals surface area contributed by atoms with Crippen molar-refractivity contribution in [1.29, 1.82) is 0 Å². The van der Waals surface area contributed by atoms with Crippen molar-refractivity contribution in [2.45, 2.75) is 51.4 Å². The van der Waals surface area contributed by atoms with Gasteiger partial charge in [0.15, 0.2) is 0 Å². The zero-order valence-corrected chi connectivity index (χ0v) is 23.4. The summed E-state index contributed by atoms with van der Waals surface area (Å²) in [6.07, 6.45) is 5.07. The summed E-state index contributed by atoms with van der Waals surface area (Å²) in [7, 11) is 0. The first-order valence-corrected chi connectivity index (χ1v) is 14.5. The molecule has 11 heteroatoms. The molecule has 2 atom stereocenters. The van der Waals surface area contributed by atoms with Gasteiger partial charge in [0, 0.05) is 18.3 Å². The zero-order chi connectivity index (χ0) is 28.3. The molecule has 1 amide bonds. The molecule has 0 bridgehead atoms. The number of nitrogens with one attached hydrogen (secondary N) is 2. The van der Waals surface area contributed by atoms with Crippen molar-refractivity contribution in [3.05, 3.63) is 75.9 Å². The first-order chi connectivity index (χ1) is 19.2. The van der Waals surface area contributed by atoms with Crippen molar-refractivity contribution in [2.75, 3.05) is 26.2 Å². The fourth-order valence-electron chi connectivity index (χ4n) is 5.00. The van der Waals surface area contributed by atoms with Crippen LogP contribution in [0.25, 0.3) is 0 Å². The van der Waals surface area contributed by atoms with Crippen LogP contribution in [0.2, 0.25) is 0 Å². The number of rotatable bonds is 9. The number of alkyl halides is 3. The highest BCUT2D eigenvalue weighted by Crippen LogP contribution is 2.32. The number of halogens is 3. The van der Waals surface area contributed by atoms with Crippen LogP contribution in [0, 0.1) is 5.92 Å². The van der Waals surface area contributed by atoms with E-state index in [4.69, 9.17) is 9.73 Å². The molecule has 0 spiro atoms. The molecule has 1 fully saturated rings. The number of carbonyl (C=O) groups is 1. The van der Waals surface area contributed by atoms with E-state index < -0.39 is 24.0 Å². The number of amides is 1. The second kappa shape index (κ2) is 12.2. The van der Waals surface area contributed by atoms with E-state index in [0.717, 1.165) is 53.6 Å². The predicted molar refractivity (Wildman–Crippen MR) is 150 cm³/mol. The molecule has 7 nitrogen and oxygen atoms in total. The van der Waals surface area contributed by atoms with Crippen molar-refractivity contribution >= 4 is 23.0 Å². The smallest absolute Gasteiger partial charge is 0.408 e. The molecular formula is C29H34F3N5O2S. The zero-order valence-electron chi connectivity index (χ0n) is 22.6. The average Bonchev–Trinajstić information content (AvgIpc) is 3.59. The van der Waals surface area contributed by atoms with Gasteiger partial charge in [0.25, 0.3) is 5.91 Å². The number of ether oxygens (including phenoxy) is 1. The molecule has 0 aliphatic carbocycles. The van der Waals surface area contributed by atoms with Gasteiger partial charge in [-0.05, 0) is 85.3 Å². The third-order valence-corrected chi connectivity index (χ3v) is 8.19. The molecular weight excluding hydrogens is 539 g/mol. The highest BCUT2D eigenvalue weighted by Gasteiger charge is 2.42. The summed E-state index contributed by atoms with van der Waals surface area (Å²) >= 11 is 1.12. The summed E-state index contributed by atoms with van der Waals surface area (Å²) in [6, 6.07) is 7.36. The van der Waals surface area contributed by atoms with Crippen LogP contribution in [0.4, 0.5) is 13.2 Å². The summed E-state index contributed by atoms with van der Waals surface area (Å²) in [6.45, 7) is 6.79. The van der Waals surface area contributed by atoms with Crippen LogP contribution in [-0.2, 0) is 0 Å². The molecule has 3 aliphatic heterocycles. The number of allylic oxidation sites excluding steroid dienone is 1. The SMILES string of the molecule is CC(C)[C@H](NC(=O)c1cc(C2C=C3N=C(c4ccc(OCCN5CCCCC5)cc4)C=CN3N2)cs1)C(F)(F)F. The maximum atomic E-state index is 13.3. The number of carbonyl (C=O) groups excluding carboxylic acids is 1. The van der Waals surface area contributed by atoms with Crippen LogP contribution < -0.4 is 15.5 Å². The third kappa shape index (κ3) is 6.76. The summed E-state index contributed by atoms with van der Waals surface area (Å²) in [5.41, 5.74) is 5.84. The highest BCUT2D eigenvalue weighted by atomic mass is 32.1. The topological polar surface area (TPSA) is 69.2 Å². The summed E-state index contributed by atoms with van der Waals surface area (Å²) in [5.74, 6) is 0.0395. The second-order valence-corrected chi connectivity index (χ2v) is 11.5. The van der Waals surface area contributed by atoms with E-state index in [1.807, 2.05) is 42.6 Å². The number of hydrazine groups is 1. The Balaban J connectivity index is 1.19. The lowest BCUT2D eigenvalue weighted by Crippen LogP contribution is -2.48. The lowest BCUT2D eigenvalue weighted by Gasteiger charge is -2.26. The molecule has 1 aromatic carbocycles. The van der Waals surface area contributed by atoms with Gasteiger partial charge < -0.3 is 10.1 Å². The van der Waals surface area contributed by atoms with Crippen LogP contribution in [0.5, 0.6) is 5.75 Å². The van der Waals surface area contributed by atoms with Crippen LogP contribution in [0.15, 0.2) is 64.9 Å². The minimum atomic E-state index is -4.51. The van der Waals surface area contributed by atoms with E-state index in [9.17, 15) is 18.0 Å². The average molecular weight is 574 g/mol. The van der Waals surface area contributed by atoms with Gasteiger partial charge >= 0.3 is 6.18 Å². The van der Waals surface area contributed by atoms with Gasteiger partial charge in [0.1, 0.15) is 24.2 Å². The number of piperidine rings is 1. The Kier molecular flexibility index (Phi) is 8.62. The Bertz CT molecular complexity index is 1280. The largest absolute Gasteiger partial charge is 0.492 e. The number of hydrogen-bond donors (Lipinski definition) is 2. The molecule has 4 heterocycles. The fraction of sp³-hybridized carbons (Fsp3) is 0.448. The van der Waals surface area contributed by atoms with Crippen LogP contribution >= 0.6 is 11.3 Å². The molecule has 0 saturated carbocycles. The summed E-state index contributed by atoms with van der Waals surface area (Å²) in [4.78, 5) is 20.0. The van der Waals surface area contributed by atoms with E-state index >= 15 is 0 Å². The molecule has 2 aromatic rings. The molecule has 1 saturated heterocycles. The molecule has 0 radical (unpaired) electrons. The number of aliphatic imine (C=N–C) groups is 1. The van der Waals surface area contributed by atoms with Crippen LogP contribution in [0.1, 0.15) is 60.0 Å². The lowest BCUT2D eigenvalue weighted by molar-refractivity contribution is -0.162. The fourth-order valence-corrected chi connectivity index (χ4v) is 5.85. The van der Waals surface area contributed by atoms with Gasteiger partial charge in [0.2, 0.25) is 0 Å². The second-order valence-electron chi connectivity index (χ2n) is 10.6. The van der Waals surface area contributed by atoms with Gasteiger partial charge in [-0.15, -0.1) is 11.3 Å². The first-order valence-electron chi connectivity index (χ1n) is 13.6. The van der Waals surface area contributed by atoms with E-state index in [1.54, 1.807) is 16.5 Å². The van der Waals surface area contributed by atoms with E-state index in [-0.39, 0.29) is 10.9 Å². The Morgan fingerprint density at radius 2 is 1.95 bits per heavy atom. The quantitative estimate of drug-likeness (QED) is 0.406. The molecule has 5 rings (SSSR count). The molecule has 1 unspecified atom stereocenters. The monoisotopic (exact) mass is 573 g/mol. The van der Waals surface area contributed by atoms with Gasteiger partial charge in [-0.3, -0.25) is 14.7 Å². The molecule has 40 heavy (non-hydrogen) atoms. The molecule has 2 N–H and O–H groups in total. The number of benzene rings is 1. The first kappa shape index (κ1) is 28.4. The predicted octanol–water partition coefficient (Wildman–Crippen LogP) is 5.65. The molecule has 3 aliphatic rings. The maximum Gasteiger partial charge on any atom is 0.408 e. The number of fused-ring (bicyclic) bond motifs is 1. The van der Waals surface area contributed by atoms with Crippen LogP contribution in [-0.4, -0.2) is 60.0 Å². The number of likely N-dealkylation sites (tertiary alicyclic amines) is 1. The van der Waals surface area contributed by atoms with E-state index in [2.05, 4.69) is 15.6 Å². The third-order valence-electron chi connectivity index (χ3n) is 7.24. The van der Waals surface area contributed by atoms with Crippen LogP contribution in [0.3, 0.4) is 0 Å². The van der Waals surface area contributed by atoms with E-state index in [1.165, 1.54) is 33.1 Å². The standard InChI is InChI=1S/C29H34F3N5O2S/c1-19(2)27(29(30,31)32)34-28(38)25-16-21(18-40-25)24-17-26-33-23(10-13-37(26)35-24)20-6-8-22(9-7-20)39-15-14-36-11-4-3-5-12-36/h6-10,13,16-19,24,27,35H,3-5,11-12,14-15H2,1-2H3,(H,34,38)/t24?,27-/m0/s1. The maximum absolute atomic E-state index is 13.3. The van der Waals surface area contributed by atoms with Gasteiger partial charge in [-0.2, -0.15) is 13.2 Å². The Morgan fingerprint density at radius 1 is 1.20 bits per heavy atom. The summed E-state index contributed by atoms with van der Waals surface area (Å²) < 4.78 is 45.8. The minimum absolute atomic E-state index is 0.230. The highest BCUT2D eigenvalue weighted by molar-refractivity contribution is 7.12. The Hall–Kier alpha value is -3.15. The summed E-state index contributed by atoms with van der Waals surface area (Å²) in [5, 5.41) is 5.71. The van der Waals surface area contributed by atoms with Gasteiger partial charge in [-0.25, -0.2) is 10.4 Å². The molecule has 1 aromatic heterocycles. The van der Waals surface area contributed by atoms with Gasteiger partial charge in [0.05, 0.1) is 16.6 Å². The van der Waals surface area contributed by atoms with Crippen molar-refractivity contribution in [1.82, 2.24) is 20.7 Å². The van der Waals surface area contributed by atoms with Crippen molar-refractivity contribution in [3.8, 4) is 5.75 Å². The van der Waals surface area contributed by atoms with Gasteiger partial charge in [-0.1, -0.05) is 20.3 Å². The minimum Gasteiger partial charge on any atom is -0.492 e. The number of thiophene rings is 1. The number of hydrogen-bond acceptors (Lipinski definition) is 7. The van der Waals surface area contributed by atoms with E-state index in [0.29, 0.717) is 12.4 Å². The molecule has 214 valence electrons. The lowest BCUT2D eigenvalue weighted by atomic mass is 10.0. The normalized spacial score (nSPS) is 20.2. The van der Waals surface area contributed by atoms with Crippen molar-refractivity contribution in [3.63, 3.8) is 0 Å². The number of nitrogens with zero attached hydrogens (tertiary/aromatic N) is 3. The van der Waals surface area contributed by atoms with Crippen molar-refractivity contribution < 1.29 is 22.7 Å². The Morgan fingerprint density at radius 3 is 2.65 bits per heavy atom. The van der Waals surface area contributed by atoms with Crippen molar-refractivity contribution in [2.24, 2.45) is 10.9 Å².